The molecule has 0 fully saturated rings. The summed E-state index contributed by atoms with van der Waals surface area (Å²) in [6, 6.07) is 3.88. The molecule has 0 bridgehead atoms. The highest BCUT2D eigenvalue weighted by Crippen LogP contribution is 2.19. The van der Waals surface area contributed by atoms with Crippen molar-refractivity contribution in [2.45, 2.75) is 20.3 Å². The molecule has 0 aromatic carbocycles. The number of thiazole rings is 1. The Morgan fingerprint density at radius 3 is 2.69 bits per heavy atom. The topological polar surface area (TPSA) is 50.7 Å². The highest BCUT2D eigenvalue weighted by molar-refractivity contribution is 7.09. The van der Waals surface area contributed by atoms with Gasteiger partial charge < -0.3 is 5.32 Å². The van der Waals surface area contributed by atoms with Crippen molar-refractivity contribution in [3.63, 3.8) is 0 Å². The van der Waals surface area contributed by atoms with Gasteiger partial charge in [-0.25, -0.2) is 4.98 Å². The van der Waals surface area contributed by atoms with Gasteiger partial charge in [-0.2, -0.15) is 0 Å². The number of nitrogens with zero attached hydrogens (tertiary/aromatic N) is 3. The van der Waals surface area contributed by atoms with Crippen LogP contribution in [-0.4, -0.2) is 21.7 Å². The van der Waals surface area contributed by atoms with Gasteiger partial charge in [0.05, 0.1) is 5.01 Å². The summed E-state index contributed by atoms with van der Waals surface area (Å²) in [6.07, 6.45) is 1.08. The largest absolute Gasteiger partial charge is 0.369 e. The minimum absolute atomic E-state index is 0.817. The summed E-state index contributed by atoms with van der Waals surface area (Å²) < 4.78 is 0. The molecule has 5 heteroatoms. The second-order valence-corrected chi connectivity index (χ2v) is 4.54. The predicted octanol–water partition coefficient (Wildman–Crippen LogP) is 2.73. The van der Waals surface area contributed by atoms with Gasteiger partial charge in [0.1, 0.15) is 17.2 Å². The lowest BCUT2D eigenvalue weighted by molar-refractivity contribution is 0.944. The van der Waals surface area contributed by atoms with Gasteiger partial charge in [-0.3, -0.25) is 0 Å². The molecule has 0 unspecified atom stereocenters. The van der Waals surface area contributed by atoms with E-state index in [9.17, 15) is 0 Å². The summed E-state index contributed by atoms with van der Waals surface area (Å²) in [4.78, 5) is 4.37. The first-order valence-electron chi connectivity index (χ1n) is 5.29. The molecule has 1 N–H and O–H groups in total. The number of anilines is 1. The Kier molecular flexibility index (Phi) is 3.46. The van der Waals surface area contributed by atoms with Crippen LogP contribution >= 0.6 is 11.3 Å². The molecule has 0 aliphatic carbocycles. The lowest BCUT2D eigenvalue weighted by Gasteiger charge is -2.02. The number of aromatic nitrogens is 3. The van der Waals surface area contributed by atoms with E-state index in [1.807, 2.05) is 24.4 Å². The molecule has 2 rings (SSSR count). The van der Waals surface area contributed by atoms with Crippen LogP contribution in [0.4, 0.5) is 5.82 Å². The average Bonchev–Trinajstić information content (AvgIpc) is 2.74. The molecule has 4 nitrogen and oxygen atoms in total. The number of aryl methyl sites for hydroxylation is 1. The van der Waals surface area contributed by atoms with Gasteiger partial charge in [0.25, 0.3) is 0 Å². The Balaban J connectivity index is 2.13. The molecule has 0 spiro atoms. The zero-order valence-corrected chi connectivity index (χ0v) is 10.2. The zero-order valence-electron chi connectivity index (χ0n) is 9.40. The third kappa shape index (κ3) is 2.55. The molecule has 0 saturated carbocycles. The molecular weight excluding hydrogens is 220 g/mol. The smallest absolute Gasteiger partial charge is 0.148 e. The highest BCUT2D eigenvalue weighted by atomic mass is 32.1. The van der Waals surface area contributed by atoms with E-state index < -0.39 is 0 Å². The van der Waals surface area contributed by atoms with Gasteiger partial charge in [-0.05, 0) is 25.5 Å². The van der Waals surface area contributed by atoms with Crippen molar-refractivity contribution in [3.05, 3.63) is 22.5 Å². The number of hydrogen-bond donors (Lipinski definition) is 1. The molecule has 0 radical (unpaired) electrons. The summed E-state index contributed by atoms with van der Waals surface area (Å²) in [7, 11) is 0. The number of nitrogens with one attached hydrogen (secondary N) is 1. The lowest BCUT2D eigenvalue weighted by atomic mass is 10.3. The second kappa shape index (κ2) is 5.03. The molecule has 2 aromatic heterocycles. The zero-order chi connectivity index (χ0) is 11.4. The summed E-state index contributed by atoms with van der Waals surface area (Å²) in [5.74, 6) is 0.817. The van der Waals surface area contributed by atoms with E-state index in [1.54, 1.807) is 11.3 Å². The van der Waals surface area contributed by atoms with E-state index in [0.717, 1.165) is 35.2 Å². The van der Waals surface area contributed by atoms with Gasteiger partial charge in [0, 0.05) is 11.9 Å². The molecule has 0 aliphatic heterocycles. The molecule has 16 heavy (non-hydrogen) atoms. The van der Waals surface area contributed by atoms with Crippen LogP contribution in [0.25, 0.3) is 11.4 Å². The maximum Gasteiger partial charge on any atom is 0.148 e. The summed E-state index contributed by atoms with van der Waals surface area (Å²) in [5, 5.41) is 14.5. The van der Waals surface area contributed by atoms with Crippen LogP contribution in [-0.2, 0) is 0 Å². The average molecular weight is 234 g/mol. The first kappa shape index (κ1) is 11.0. The van der Waals surface area contributed by atoms with Crippen LogP contribution in [0.15, 0.2) is 17.5 Å². The van der Waals surface area contributed by atoms with Crippen molar-refractivity contribution in [2.24, 2.45) is 0 Å². The fraction of sp³-hybridized carbons (Fsp3) is 0.364. The molecule has 2 aromatic rings. The maximum absolute atomic E-state index is 4.37. The van der Waals surface area contributed by atoms with Gasteiger partial charge in [-0.1, -0.05) is 6.92 Å². The minimum Gasteiger partial charge on any atom is -0.369 e. The van der Waals surface area contributed by atoms with E-state index in [4.69, 9.17) is 0 Å². The summed E-state index contributed by atoms with van der Waals surface area (Å²) in [5.41, 5.74) is 1.73. The Morgan fingerprint density at radius 1 is 1.25 bits per heavy atom. The fourth-order valence-electron chi connectivity index (χ4n) is 1.30. The minimum atomic E-state index is 0.817. The van der Waals surface area contributed by atoms with E-state index in [2.05, 4.69) is 27.4 Å². The molecular formula is C11H14N4S. The molecule has 84 valence electrons. The Morgan fingerprint density at radius 2 is 2.12 bits per heavy atom. The van der Waals surface area contributed by atoms with Gasteiger partial charge in [0.2, 0.25) is 0 Å². The van der Waals surface area contributed by atoms with Crippen molar-refractivity contribution in [1.29, 1.82) is 0 Å². The molecule has 0 aliphatic rings. The van der Waals surface area contributed by atoms with Gasteiger partial charge in [-0.15, -0.1) is 21.5 Å². The van der Waals surface area contributed by atoms with Crippen LogP contribution in [0.1, 0.15) is 18.4 Å². The van der Waals surface area contributed by atoms with Crippen molar-refractivity contribution >= 4 is 17.2 Å². The normalized spacial score (nSPS) is 10.4. The third-order valence-electron chi connectivity index (χ3n) is 2.10. The Labute approximate surface area is 98.8 Å². The van der Waals surface area contributed by atoms with Crippen LogP contribution < -0.4 is 5.32 Å². The number of rotatable bonds is 4. The standard InChI is InChI=1S/C11H14N4S/c1-3-6-12-11-5-4-9(14-15-11)10-7-16-8(2)13-10/h4-5,7H,3,6H2,1-2H3,(H,12,15). The van der Waals surface area contributed by atoms with E-state index in [1.165, 1.54) is 0 Å². The van der Waals surface area contributed by atoms with Crippen LogP contribution in [0, 0.1) is 6.92 Å². The third-order valence-corrected chi connectivity index (χ3v) is 2.88. The van der Waals surface area contributed by atoms with Gasteiger partial charge >= 0.3 is 0 Å². The highest BCUT2D eigenvalue weighted by Gasteiger charge is 2.04. The molecule has 2 heterocycles. The van der Waals surface area contributed by atoms with Crippen LogP contribution in [0.3, 0.4) is 0 Å². The van der Waals surface area contributed by atoms with E-state index in [0.29, 0.717) is 0 Å². The Bertz CT molecular complexity index is 449. The second-order valence-electron chi connectivity index (χ2n) is 3.48. The lowest BCUT2D eigenvalue weighted by Crippen LogP contribution is -2.02. The number of hydrogen-bond acceptors (Lipinski definition) is 5. The maximum atomic E-state index is 4.37. The van der Waals surface area contributed by atoms with E-state index in [-0.39, 0.29) is 0 Å². The summed E-state index contributed by atoms with van der Waals surface area (Å²) in [6.45, 7) is 5.02. The first-order valence-corrected chi connectivity index (χ1v) is 6.17. The Hall–Kier alpha value is -1.49. The summed E-state index contributed by atoms with van der Waals surface area (Å²) >= 11 is 1.62. The van der Waals surface area contributed by atoms with Gasteiger partial charge in [0.15, 0.2) is 0 Å². The monoisotopic (exact) mass is 234 g/mol. The van der Waals surface area contributed by atoms with Crippen molar-refractivity contribution in [3.8, 4) is 11.4 Å². The SMILES string of the molecule is CCCNc1ccc(-c2csc(C)n2)nn1. The first-order chi connectivity index (χ1) is 7.79. The predicted molar refractivity (Wildman–Crippen MR) is 66.7 cm³/mol. The van der Waals surface area contributed by atoms with Crippen molar-refractivity contribution < 1.29 is 0 Å². The molecule has 0 saturated heterocycles. The quantitative estimate of drug-likeness (QED) is 0.883. The van der Waals surface area contributed by atoms with E-state index >= 15 is 0 Å². The van der Waals surface area contributed by atoms with Crippen molar-refractivity contribution in [1.82, 2.24) is 15.2 Å². The fourth-order valence-corrected chi connectivity index (χ4v) is 1.90. The van der Waals surface area contributed by atoms with Crippen molar-refractivity contribution in [2.75, 3.05) is 11.9 Å². The molecule has 0 amide bonds. The van der Waals surface area contributed by atoms with Crippen LogP contribution in [0.2, 0.25) is 0 Å². The van der Waals surface area contributed by atoms with Crippen LogP contribution in [0.5, 0.6) is 0 Å². The molecule has 0 atom stereocenters.